The third-order valence-electron chi connectivity index (χ3n) is 2.01. The zero-order valence-corrected chi connectivity index (χ0v) is 9.48. The minimum absolute atomic E-state index is 0.0455. The lowest BCUT2D eigenvalue weighted by Gasteiger charge is -2.01. The molecule has 15 heavy (non-hydrogen) atoms. The van der Waals surface area contributed by atoms with Crippen LogP contribution in [-0.4, -0.2) is 28.6 Å². The highest BCUT2D eigenvalue weighted by Gasteiger charge is 2.22. The number of anilines is 1. The van der Waals surface area contributed by atoms with Gasteiger partial charge in [0.25, 0.3) is 0 Å². The summed E-state index contributed by atoms with van der Waals surface area (Å²) in [5.74, 6) is -0.346. The molecule has 1 aliphatic heterocycles. The molecule has 1 aromatic heterocycles. The Hall–Kier alpha value is -0.720. The van der Waals surface area contributed by atoms with Crippen LogP contribution in [0, 0.1) is 0 Å². The minimum atomic E-state index is -0.272. The minimum Gasteiger partial charge on any atom is -0.371 e. The fourth-order valence-electron chi connectivity index (χ4n) is 1.34. The van der Waals surface area contributed by atoms with Crippen molar-refractivity contribution in [2.75, 3.05) is 17.8 Å². The molecule has 0 radical (unpaired) electrons. The van der Waals surface area contributed by atoms with Gasteiger partial charge in [0.1, 0.15) is 17.0 Å². The first-order valence-electron chi connectivity index (χ1n) is 4.60. The molecule has 1 fully saturated rings. The summed E-state index contributed by atoms with van der Waals surface area (Å²) in [5.41, 5.74) is 0. The molecular formula is C8H10ClN3O2S. The van der Waals surface area contributed by atoms with Gasteiger partial charge in [0.05, 0.1) is 0 Å². The van der Waals surface area contributed by atoms with E-state index in [4.69, 9.17) is 16.3 Å². The number of rotatable bonds is 3. The maximum absolute atomic E-state index is 11.0. The second-order valence-corrected chi connectivity index (χ2v) is 4.41. The Kier molecular flexibility index (Phi) is 3.50. The summed E-state index contributed by atoms with van der Waals surface area (Å²) >= 11 is 6.69. The summed E-state index contributed by atoms with van der Waals surface area (Å²) in [4.78, 5) is 11.0. The van der Waals surface area contributed by atoms with Gasteiger partial charge in [-0.2, -0.15) is 0 Å². The van der Waals surface area contributed by atoms with E-state index in [0.29, 0.717) is 5.13 Å². The molecular weight excluding hydrogens is 238 g/mol. The van der Waals surface area contributed by atoms with Crippen molar-refractivity contribution in [1.29, 1.82) is 0 Å². The molecule has 1 unspecified atom stereocenters. The predicted molar refractivity (Wildman–Crippen MR) is 57.2 cm³/mol. The zero-order valence-electron chi connectivity index (χ0n) is 7.90. The van der Waals surface area contributed by atoms with E-state index in [9.17, 15) is 4.79 Å². The van der Waals surface area contributed by atoms with Crippen LogP contribution in [0.15, 0.2) is 0 Å². The molecule has 2 rings (SSSR count). The second-order valence-electron chi connectivity index (χ2n) is 3.13. The van der Waals surface area contributed by atoms with Crippen LogP contribution in [0.3, 0.4) is 0 Å². The van der Waals surface area contributed by atoms with Crippen molar-refractivity contribution in [2.24, 2.45) is 0 Å². The van der Waals surface area contributed by atoms with Crippen molar-refractivity contribution in [3.05, 3.63) is 5.01 Å². The topological polar surface area (TPSA) is 64.1 Å². The van der Waals surface area contributed by atoms with E-state index < -0.39 is 0 Å². The highest BCUT2D eigenvalue weighted by molar-refractivity contribution is 7.15. The fourth-order valence-corrected chi connectivity index (χ4v) is 2.25. The molecule has 0 saturated carbocycles. The summed E-state index contributed by atoms with van der Waals surface area (Å²) in [6.45, 7) is 0.771. The van der Waals surface area contributed by atoms with Crippen molar-refractivity contribution < 1.29 is 9.53 Å². The van der Waals surface area contributed by atoms with Gasteiger partial charge in [0, 0.05) is 6.61 Å². The van der Waals surface area contributed by atoms with Crippen molar-refractivity contribution in [3.63, 3.8) is 0 Å². The first-order chi connectivity index (χ1) is 7.29. The molecule has 1 amide bonds. The van der Waals surface area contributed by atoms with Crippen LogP contribution in [0.2, 0.25) is 0 Å². The maximum Gasteiger partial charge on any atom is 0.241 e. The first kappa shape index (κ1) is 10.8. The van der Waals surface area contributed by atoms with Crippen LogP contribution in [0.1, 0.15) is 24.0 Å². The number of carbonyl (C=O) groups excluding carboxylic acids is 1. The molecule has 2 heterocycles. The largest absolute Gasteiger partial charge is 0.371 e. The molecule has 0 aliphatic carbocycles. The molecule has 1 N–H and O–H groups in total. The molecule has 0 spiro atoms. The molecule has 1 saturated heterocycles. The number of ether oxygens (including phenoxy) is 1. The van der Waals surface area contributed by atoms with E-state index >= 15 is 0 Å². The van der Waals surface area contributed by atoms with Crippen LogP contribution in [0.25, 0.3) is 0 Å². The predicted octanol–water partition coefficient (Wildman–Crippen LogP) is 1.57. The van der Waals surface area contributed by atoms with Crippen molar-refractivity contribution in [3.8, 4) is 0 Å². The van der Waals surface area contributed by atoms with Gasteiger partial charge in [0.15, 0.2) is 0 Å². The molecule has 0 aromatic carbocycles. The number of alkyl halides is 1. The summed E-state index contributed by atoms with van der Waals surface area (Å²) in [6.07, 6.45) is 2.07. The molecule has 82 valence electrons. The van der Waals surface area contributed by atoms with Gasteiger partial charge < -0.3 is 4.74 Å². The SMILES string of the molecule is O=C(CCl)Nc1nnc(C2CCCO2)s1. The first-order valence-corrected chi connectivity index (χ1v) is 5.95. The third-order valence-corrected chi connectivity index (χ3v) is 3.19. The van der Waals surface area contributed by atoms with Crippen LogP contribution < -0.4 is 5.32 Å². The number of hydrogen-bond acceptors (Lipinski definition) is 5. The summed E-state index contributed by atoms with van der Waals surface area (Å²) < 4.78 is 5.45. The Morgan fingerprint density at radius 3 is 3.20 bits per heavy atom. The van der Waals surface area contributed by atoms with Gasteiger partial charge in [-0.1, -0.05) is 11.3 Å². The fraction of sp³-hybridized carbons (Fsp3) is 0.625. The number of amides is 1. The standard InChI is InChI=1S/C8H10ClN3O2S/c9-4-6(13)10-8-12-11-7(15-8)5-2-1-3-14-5/h5H,1-4H2,(H,10,12,13). The van der Waals surface area contributed by atoms with Crippen molar-refractivity contribution in [2.45, 2.75) is 18.9 Å². The van der Waals surface area contributed by atoms with Gasteiger partial charge >= 0.3 is 0 Å². The van der Waals surface area contributed by atoms with Gasteiger partial charge in [-0.3, -0.25) is 10.1 Å². The molecule has 7 heteroatoms. The molecule has 1 aromatic rings. The monoisotopic (exact) mass is 247 g/mol. The van der Waals surface area contributed by atoms with Gasteiger partial charge in [0.2, 0.25) is 11.0 Å². The van der Waals surface area contributed by atoms with Gasteiger partial charge in [-0.25, -0.2) is 0 Å². The highest BCUT2D eigenvalue weighted by atomic mass is 35.5. The van der Waals surface area contributed by atoms with E-state index in [1.165, 1.54) is 11.3 Å². The Labute approximate surface area is 95.8 Å². The number of carbonyl (C=O) groups is 1. The highest BCUT2D eigenvalue weighted by Crippen LogP contribution is 2.31. The third kappa shape index (κ3) is 2.64. The van der Waals surface area contributed by atoms with E-state index in [1.54, 1.807) is 0 Å². The smallest absolute Gasteiger partial charge is 0.241 e. The lowest BCUT2D eigenvalue weighted by molar-refractivity contribution is -0.113. The number of nitrogens with zero attached hydrogens (tertiary/aromatic N) is 2. The molecule has 1 atom stereocenters. The quantitative estimate of drug-likeness (QED) is 0.824. The van der Waals surface area contributed by atoms with E-state index in [0.717, 1.165) is 24.5 Å². The van der Waals surface area contributed by atoms with Crippen molar-refractivity contribution in [1.82, 2.24) is 10.2 Å². The van der Waals surface area contributed by atoms with E-state index in [-0.39, 0.29) is 17.9 Å². The Bertz CT molecular complexity index is 351. The van der Waals surface area contributed by atoms with E-state index in [2.05, 4.69) is 15.5 Å². The molecule has 5 nitrogen and oxygen atoms in total. The van der Waals surface area contributed by atoms with Crippen LogP contribution in [0.5, 0.6) is 0 Å². The van der Waals surface area contributed by atoms with Crippen LogP contribution in [0.4, 0.5) is 5.13 Å². The van der Waals surface area contributed by atoms with Crippen LogP contribution >= 0.6 is 22.9 Å². The Morgan fingerprint density at radius 1 is 1.67 bits per heavy atom. The number of halogens is 1. The average molecular weight is 248 g/mol. The molecule has 1 aliphatic rings. The summed E-state index contributed by atoms with van der Waals surface area (Å²) in [5, 5.41) is 11.7. The van der Waals surface area contributed by atoms with Crippen molar-refractivity contribution >= 4 is 34.0 Å². The Morgan fingerprint density at radius 2 is 2.53 bits per heavy atom. The summed E-state index contributed by atoms with van der Waals surface area (Å²) in [7, 11) is 0. The summed E-state index contributed by atoms with van der Waals surface area (Å²) in [6, 6.07) is 0. The number of aromatic nitrogens is 2. The number of nitrogens with one attached hydrogen (secondary N) is 1. The van der Waals surface area contributed by atoms with Gasteiger partial charge in [-0.15, -0.1) is 21.8 Å². The average Bonchev–Trinajstić information content (AvgIpc) is 2.85. The zero-order chi connectivity index (χ0) is 10.7. The molecule has 0 bridgehead atoms. The van der Waals surface area contributed by atoms with E-state index in [1.807, 2.05) is 0 Å². The maximum atomic E-state index is 11.0. The Balaban J connectivity index is 2.00. The lowest BCUT2D eigenvalue weighted by Crippen LogP contribution is -2.12. The normalized spacial score (nSPS) is 20.5. The lowest BCUT2D eigenvalue weighted by atomic mass is 10.2. The van der Waals surface area contributed by atoms with Crippen LogP contribution in [-0.2, 0) is 9.53 Å². The second kappa shape index (κ2) is 4.87. The van der Waals surface area contributed by atoms with Gasteiger partial charge in [-0.05, 0) is 12.8 Å². The number of hydrogen-bond donors (Lipinski definition) is 1.